The van der Waals surface area contributed by atoms with Crippen molar-refractivity contribution in [2.45, 2.75) is 31.8 Å². The third-order valence-electron chi connectivity index (χ3n) is 2.95. The number of aliphatic hydroxyl groups excluding tert-OH is 1. The third kappa shape index (κ3) is 2.91. The molecular weight excluding hydrogens is 260 g/mol. The lowest BCUT2D eigenvalue weighted by Crippen LogP contribution is -2.33. The van der Waals surface area contributed by atoms with Gasteiger partial charge in [-0.25, -0.2) is 14.9 Å². The molecule has 1 aliphatic rings. The average molecular weight is 274 g/mol. The van der Waals surface area contributed by atoms with Gasteiger partial charge >= 0.3 is 5.69 Å². The first kappa shape index (κ1) is 13.9. The number of nitrogens with one attached hydrogen (secondary N) is 1. The van der Waals surface area contributed by atoms with Crippen molar-refractivity contribution < 1.29 is 25.0 Å². The summed E-state index contributed by atoms with van der Waals surface area (Å²) in [6.45, 7) is 1.37. The van der Waals surface area contributed by atoms with Crippen LogP contribution in [0.2, 0.25) is 0 Å². The van der Waals surface area contributed by atoms with Crippen molar-refractivity contribution in [2.75, 3.05) is 6.61 Å². The average Bonchev–Trinajstić information content (AvgIpc) is 2.72. The Kier molecular flexibility index (Phi) is 4.12. The third-order valence-corrected chi connectivity index (χ3v) is 2.95. The molecule has 3 atom stereocenters. The van der Waals surface area contributed by atoms with E-state index in [1.165, 1.54) is 10.8 Å². The highest BCUT2D eigenvalue weighted by atomic mass is 17.5. The minimum Gasteiger partial charge on any atom is -0.390 e. The van der Waals surface area contributed by atoms with Gasteiger partial charge in [-0.3, -0.25) is 14.3 Å². The molecule has 1 fully saturated rings. The fourth-order valence-electron chi connectivity index (χ4n) is 1.93. The van der Waals surface area contributed by atoms with Crippen molar-refractivity contribution in [3.05, 3.63) is 32.6 Å². The molecule has 0 unspecified atom stereocenters. The quantitative estimate of drug-likeness (QED) is 0.471. The molecule has 9 nitrogen and oxygen atoms in total. The summed E-state index contributed by atoms with van der Waals surface area (Å²) >= 11 is 0. The zero-order valence-electron chi connectivity index (χ0n) is 10.1. The second-order valence-corrected chi connectivity index (χ2v) is 4.27. The SMILES string of the molecule is Cc1cn([C@H]2C[C@@H](O)[C@@H](COOO)O2)c(=O)[nH]c1=O. The van der Waals surface area contributed by atoms with E-state index in [0.717, 1.165) is 0 Å². The van der Waals surface area contributed by atoms with Crippen LogP contribution in [0.3, 0.4) is 0 Å². The normalized spacial score (nSPS) is 26.8. The number of aliphatic hydroxyl groups is 1. The van der Waals surface area contributed by atoms with Crippen LogP contribution in [0.5, 0.6) is 0 Å². The van der Waals surface area contributed by atoms with E-state index in [-0.39, 0.29) is 13.0 Å². The van der Waals surface area contributed by atoms with E-state index >= 15 is 0 Å². The Balaban J connectivity index is 2.18. The highest BCUT2D eigenvalue weighted by Gasteiger charge is 2.36. The summed E-state index contributed by atoms with van der Waals surface area (Å²) in [5.74, 6) is 0. The maximum atomic E-state index is 11.7. The molecule has 1 aromatic heterocycles. The second-order valence-electron chi connectivity index (χ2n) is 4.27. The van der Waals surface area contributed by atoms with Crippen molar-refractivity contribution in [3.63, 3.8) is 0 Å². The van der Waals surface area contributed by atoms with Crippen LogP contribution in [0, 0.1) is 6.92 Å². The van der Waals surface area contributed by atoms with Gasteiger partial charge in [0.25, 0.3) is 5.56 Å². The molecule has 3 N–H and O–H groups in total. The molecule has 0 aliphatic carbocycles. The second kappa shape index (κ2) is 5.63. The monoisotopic (exact) mass is 274 g/mol. The van der Waals surface area contributed by atoms with Crippen molar-refractivity contribution >= 4 is 0 Å². The maximum Gasteiger partial charge on any atom is 0.330 e. The van der Waals surface area contributed by atoms with Gasteiger partial charge in [-0.1, -0.05) is 5.04 Å². The van der Waals surface area contributed by atoms with Crippen LogP contribution in [0.25, 0.3) is 0 Å². The van der Waals surface area contributed by atoms with Gasteiger partial charge in [0.05, 0.1) is 6.10 Å². The first-order chi connectivity index (χ1) is 9.02. The fraction of sp³-hybridized carbons (Fsp3) is 0.600. The summed E-state index contributed by atoms with van der Waals surface area (Å²) in [4.78, 5) is 29.3. The largest absolute Gasteiger partial charge is 0.390 e. The lowest BCUT2D eigenvalue weighted by Gasteiger charge is -2.15. The van der Waals surface area contributed by atoms with Gasteiger partial charge in [-0.15, -0.1) is 0 Å². The number of aromatic amines is 1. The Hall–Kier alpha value is -1.52. The molecular formula is C10H14N2O7. The van der Waals surface area contributed by atoms with E-state index in [0.29, 0.717) is 5.56 Å². The minimum atomic E-state index is -0.876. The zero-order chi connectivity index (χ0) is 14.0. The van der Waals surface area contributed by atoms with Gasteiger partial charge in [-0.2, -0.15) is 0 Å². The molecule has 0 amide bonds. The first-order valence-corrected chi connectivity index (χ1v) is 5.61. The molecule has 19 heavy (non-hydrogen) atoms. The van der Waals surface area contributed by atoms with Gasteiger partial charge in [0.15, 0.2) is 0 Å². The molecule has 2 rings (SSSR count). The summed E-state index contributed by atoms with van der Waals surface area (Å²) in [5.41, 5.74) is -0.725. The standard InChI is InChI=1S/C10H14N2O7/c1-5-3-12(10(15)11-9(5)14)8-2-6(13)7(18-8)4-17-19-16/h3,6-8,13,16H,2,4H2,1H3,(H,11,14,15)/t6-,7-,8-/m1/s1. The number of aryl methyl sites for hydroxylation is 1. The van der Waals surface area contributed by atoms with Crippen LogP contribution < -0.4 is 11.2 Å². The van der Waals surface area contributed by atoms with Crippen molar-refractivity contribution in [3.8, 4) is 0 Å². The van der Waals surface area contributed by atoms with E-state index in [9.17, 15) is 14.7 Å². The Bertz CT molecular complexity index is 552. The van der Waals surface area contributed by atoms with E-state index in [1.807, 2.05) is 0 Å². The van der Waals surface area contributed by atoms with Gasteiger partial charge in [0.2, 0.25) is 0 Å². The van der Waals surface area contributed by atoms with Gasteiger partial charge in [0.1, 0.15) is 18.9 Å². The van der Waals surface area contributed by atoms with Gasteiger partial charge < -0.3 is 9.84 Å². The van der Waals surface area contributed by atoms with Gasteiger partial charge in [0, 0.05) is 18.2 Å². The van der Waals surface area contributed by atoms with Crippen molar-refractivity contribution in [2.24, 2.45) is 0 Å². The number of hydrogen-bond donors (Lipinski definition) is 3. The van der Waals surface area contributed by atoms with E-state index < -0.39 is 29.7 Å². The van der Waals surface area contributed by atoms with Crippen molar-refractivity contribution in [1.29, 1.82) is 0 Å². The van der Waals surface area contributed by atoms with Gasteiger partial charge in [-0.05, 0) is 6.92 Å². The zero-order valence-corrected chi connectivity index (χ0v) is 10.1. The smallest absolute Gasteiger partial charge is 0.330 e. The molecule has 0 saturated carbocycles. The lowest BCUT2D eigenvalue weighted by atomic mass is 10.2. The molecule has 0 radical (unpaired) electrons. The van der Waals surface area contributed by atoms with Crippen LogP contribution >= 0.6 is 0 Å². The molecule has 1 saturated heterocycles. The highest BCUT2D eigenvalue weighted by Crippen LogP contribution is 2.27. The Morgan fingerprint density at radius 3 is 3.00 bits per heavy atom. The predicted octanol–water partition coefficient (Wildman–Crippen LogP) is -1.09. The summed E-state index contributed by atoms with van der Waals surface area (Å²) < 4.78 is 6.61. The van der Waals surface area contributed by atoms with Crippen LogP contribution in [0.1, 0.15) is 18.2 Å². The number of H-pyrrole nitrogens is 1. The molecule has 1 aromatic rings. The first-order valence-electron chi connectivity index (χ1n) is 5.61. The van der Waals surface area contributed by atoms with Crippen LogP contribution in [0.4, 0.5) is 0 Å². The number of rotatable bonds is 4. The minimum absolute atomic E-state index is 0.158. The number of hydrogen-bond acceptors (Lipinski definition) is 7. The Labute approximate surface area is 106 Å². The summed E-state index contributed by atoms with van der Waals surface area (Å²) in [7, 11) is 0. The van der Waals surface area contributed by atoms with Crippen LogP contribution in [-0.4, -0.2) is 38.7 Å². The number of nitrogens with zero attached hydrogens (tertiary/aromatic N) is 1. The molecule has 106 valence electrons. The van der Waals surface area contributed by atoms with Crippen molar-refractivity contribution in [1.82, 2.24) is 9.55 Å². The molecule has 1 aliphatic heterocycles. The van der Waals surface area contributed by atoms with E-state index in [1.54, 1.807) is 6.92 Å². The lowest BCUT2D eigenvalue weighted by molar-refractivity contribution is -0.495. The van der Waals surface area contributed by atoms with Crippen LogP contribution in [-0.2, 0) is 14.7 Å². The molecule has 0 aromatic carbocycles. The summed E-state index contributed by atoms with van der Waals surface area (Å²) in [5, 5.41) is 21.2. The van der Waals surface area contributed by atoms with E-state index in [2.05, 4.69) is 14.9 Å². The predicted molar refractivity (Wildman–Crippen MR) is 60.3 cm³/mol. The Morgan fingerprint density at radius 2 is 2.32 bits per heavy atom. The highest BCUT2D eigenvalue weighted by molar-refractivity contribution is 5.02. The number of aromatic nitrogens is 2. The maximum absolute atomic E-state index is 11.7. The Morgan fingerprint density at radius 1 is 1.58 bits per heavy atom. The molecule has 0 spiro atoms. The topological polar surface area (TPSA) is 123 Å². The summed E-state index contributed by atoms with van der Waals surface area (Å²) in [6, 6.07) is 0. The fourth-order valence-corrected chi connectivity index (χ4v) is 1.93. The van der Waals surface area contributed by atoms with Crippen LogP contribution in [0.15, 0.2) is 15.8 Å². The molecule has 0 bridgehead atoms. The summed E-state index contributed by atoms with van der Waals surface area (Å²) in [6.07, 6.45) is -0.809. The molecule has 9 heteroatoms. The molecule has 2 heterocycles. The van der Waals surface area contributed by atoms with E-state index in [4.69, 9.17) is 9.99 Å². The number of ether oxygens (including phenoxy) is 1.